The highest BCUT2D eigenvalue weighted by molar-refractivity contribution is 9.10. The second-order valence-electron chi connectivity index (χ2n) is 12.3. The molecule has 0 fully saturated rings. The molecule has 0 saturated heterocycles. The summed E-state index contributed by atoms with van der Waals surface area (Å²) in [5, 5.41) is 10.1. The van der Waals surface area contributed by atoms with E-state index in [1.165, 1.54) is 0 Å². The summed E-state index contributed by atoms with van der Waals surface area (Å²) in [5.74, 6) is 0. The first kappa shape index (κ1) is 35.2. The highest BCUT2D eigenvalue weighted by atomic mass is 79.9. The third kappa shape index (κ3) is 6.09. The number of halogens is 1. The number of anilines is 6. The van der Waals surface area contributed by atoms with Gasteiger partial charge in [0.15, 0.2) is 0 Å². The third-order valence-electron chi connectivity index (χ3n) is 8.87. The number of rotatable bonds is 2. The van der Waals surface area contributed by atoms with Crippen LogP contribution in [0.3, 0.4) is 0 Å². The van der Waals surface area contributed by atoms with Crippen molar-refractivity contribution < 1.29 is 30.0 Å². The van der Waals surface area contributed by atoms with E-state index in [4.69, 9.17) is 5.73 Å². The molecule has 7 aromatic rings. The summed E-state index contributed by atoms with van der Waals surface area (Å²) in [4.78, 5) is 13.2. The second-order valence-corrected chi connectivity index (χ2v) is 18.1. The fourth-order valence-electron chi connectivity index (χ4n) is 6.51. The molecule has 0 atom stereocenters. The Morgan fingerprint density at radius 2 is 0.981 bits per heavy atom. The van der Waals surface area contributed by atoms with Crippen LogP contribution < -0.4 is 30.5 Å². The number of para-hydroxylation sites is 1. The Balaban J connectivity index is 0.000000122. The highest BCUT2D eigenvalue weighted by Gasteiger charge is 2.30. The summed E-state index contributed by atoms with van der Waals surface area (Å²) in [6.07, 6.45) is 0. The van der Waals surface area contributed by atoms with Crippen LogP contribution in [0, 0.1) is 0 Å². The molecule has 0 radical (unpaired) electrons. The highest BCUT2D eigenvalue weighted by Crippen LogP contribution is 2.43. The number of hydrogen-bond donors (Lipinski definition) is 6. The van der Waals surface area contributed by atoms with E-state index in [0.717, 1.165) is 26.0 Å². The Labute approximate surface area is 317 Å². The fraction of sp³-hybridized carbons (Fsp3) is 0. The third-order valence-corrected chi connectivity index (χ3v) is 13.8. The lowest BCUT2D eigenvalue weighted by molar-refractivity contribution is 0.262. The predicted molar refractivity (Wildman–Crippen MR) is 215 cm³/mol. The number of amides is 2. The van der Waals surface area contributed by atoms with Gasteiger partial charge in [0.05, 0.1) is 48.8 Å². The Morgan fingerprint density at radius 1 is 0.500 bits per heavy atom. The van der Waals surface area contributed by atoms with Crippen molar-refractivity contribution in [1.82, 2.24) is 0 Å². The van der Waals surface area contributed by atoms with E-state index in [2.05, 4.69) is 40.7 Å². The lowest BCUT2D eigenvalue weighted by atomic mass is 10.1. The normalized spacial score (nSPS) is 15.5. The van der Waals surface area contributed by atoms with E-state index in [0.29, 0.717) is 54.7 Å². The van der Waals surface area contributed by atoms with Gasteiger partial charge in [-0.05, 0) is 80.6 Å². The molecule has 3 aliphatic heterocycles. The van der Waals surface area contributed by atoms with Gasteiger partial charge in [0, 0.05) is 20.6 Å². The number of nitrogen functional groups attached to an aromatic ring is 1. The molecule has 0 saturated carbocycles. The lowest BCUT2D eigenvalue weighted by Gasteiger charge is -2.12. The largest absolute Gasteiger partial charge is 0.397 e. The van der Waals surface area contributed by atoms with Crippen LogP contribution in [0.25, 0.3) is 32.3 Å². The average molecular weight is 844 g/mol. The zero-order chi connectivity index (χ0) is 38.0. The van der Waals surface area contributed by atoms with Crippen LogP contribution in [0.2, 0.25) is 0 Å². The molecule has 7 aromatic carbocycles. The Kier molecular flexibility index (Phi) is 8.41. The van der Waals surface area contributed by atoms with Crippen LogP contribution in [-0.2, 0) is 30.1 Å². The summed E-state index contributed by atoms with van der Waals surface area (Å²) < 4.78 is 79.5. The fourth-order valence-corrected chi connectivity index (χ4v) is 10.9. The van der Waals surface area contributed by atoms with Crippen molar-refractivity contribution in [1.29, 1.82) is 0 Å². The van der Waals surface area contributed by atoms with Gasteiger partial charge in [-0.1, -0.05) is 72.8 Å². The molecule has 0 aliphatic carbocycles. The number of hydrogen-bond acceptors (Lipinski definition) is 8. The Bertz CT molecular complexity index is 3080. The molecule has 13 nitrogen and oxygen atoms in total. The Morgan fingerprint density at radius 3 is 1.61 bits per heavy atom. The molecule has 0 unspecified atom stereocenters. The average Bonchev–Trinajstić information content (AvgIpc) is 3.70. The molecule has 3 heterocycles. The van der Waals surface area contributed by atoms with E-state index in [1.54, 1.807) is 72.8 Å². The van der Waals surface area contributed by atoms with E-state index in [9.17, 15) is 30.0 Å². The number of urea groups is 1. The molecule has 54 heavy (non-hydrogen) atoms. The van der Waals surface area contributed by atoms with Crippen LogP contribution in [0.15, 0.2) is 140 Å². The summed E-state index contributed by atoms with van der Waals surface area (Å²) in [5.41, 5.74) is 8.75. The standard InChI is InChI=1S/C17H12BrN3O3S.C10H8N2O2S.C10H7NO2S/c18-11-5-1-2-6-12(11)19-17(22)20-13-9-8-10-4-3-7-14-15(10)16(13)21-25(14,23)24;11-7-5-4-6-2-1-3-8-9(6)10(7)12-15(8,13)14;12-14(13)9-6-2-4-7-3-1-5-8(11-14)10(7)9/h1-9,21H,(H2,19,20,22);1-5,12H,11H2;1-6,11H. The van der Waals surface area contributed by atoms with Gasteiger partial charge in [-0.3, -0.25) is 14.2 Å². The van der Waals surface area contributed by atoms with Crippen LogP contribution in [0.5, 0.6) is 0 Å². The van der Waals surface area contributed by atoms with Crippen molar-refractivity contribution in [2.45, 2.75) is 14.7 Å². The second kappa shape index (κ2) is 12.9. The van der Waals surface area contributed by atoms with E-state index in [1.807, 2.05) is 48.5 Å². The van der Waals surface area contributed by atoms with Gasteiger partial charge in [-0.25, -0.2) is 30.0 Å². The molecule has 10 rings (SSSR count). The molecular weight excluding hydrogens is 817 g/mol. The van der Waals surface area contributed by atoms with Crippen molar-refractivity contribution in [3.8, 4) is 0 Å². The van der Waals surface area contributed by atoms with Crippen molar-refractivity contribution in [2.24, 2.45) is 0 Å². The number of carbonyl (C=O) groups excluding carboxylic acids is 1. The summed E-state index contributed by atoms with van der Waals surface area (Å²) in [6.45, 7) is 0. The lowest BCUT2D eigenvalue weighted by Crippen LogP contribution is -2.20. The van der Waals surface area contributed by atoms with Gasteiger partial charge < -0.3 is 16.4 Å². The first-order chi connectivity index (χ1) is 25.7. The van der Waals surface area contributed by atoms with Gasteiger partial charge in [-0.15, -0.1) is 0 Å². The number of benzene rings is 7. The van der Waals surface area contributed by atoms with Crippen molar-refractivity contribution in [2.75, 3.05) is 30.5 Å². The Hall–Kier alpha value is -5.88. The molecule has 0 bridgehead atoms. The van der Waals surface area contributed by atoms with Gasteiger partial charge in [0.25, 0.3) is 30.1 Å². The summed E-state index contributed by atoms with van der Waals surface area (Å²) in [7, 11) is -10.3. The maximum atomic E-state index is 12.3. The SMILES string of the molecule is Nc1ccc2cccc3c2c1NS3(=O)=O.O=C(Nc1ccccc1Br)Nc1ccc2cccc3c2c1NS3(=O)=O.O=S1(=O)Nc2cccc3cccc1c23. The zero-order valence-corrected chi connectivity index (χ0v) is 31.6. The maximum Gasteiger partial charge on any atom is 0.323 e. The molecule has 2 amide bonds. The van der Waals surface area contributed by atoms with Gasteiger partial charge in [0.1, 0.15) is 0 Å². The van der Waals surface area contributed by atoms with Gasteiger partial charge >= 0.3 is 6.03 Å². The topological polar surface area (TPSA) is 206 Å². The quantitative estimate of drug-likeness (QED) is 0.0944. The van der Waals surface area contributed by atoms with E-state index in [-0.39, 0.29) is 4.90 Å². The first-order valence-corrected chi connectivity index (χ1v) is 21.3. The van der Waals surface area contributed by atoms with Gasteiger partial charge in [-0.2, -0.15) is 0 Å². The van der Waals surface area contributed by atoms with Crippen LogP contribution in [0.4, 0.5) is 38.9 Å². The molecule has 272 valence electrons. The summed E-state index contributed by atoms with van der Waals surface area (Å²) in [6, 6.07) is 34.8. The molecule has 3 aliphatic rings. The molecule has 7 N–H and O–H groups in total. The van der Waals surface area contributed by atoms with Crippen LogP contribution in [-0.4, -0.2) is 31.3 Å². The number of nitrogens with one attached hydrogen (secondary N) is 5. The van der Waals surface area contributed by atoms with Crippen LogP contribution >= 0.6 is 15.9 Å². The first-order valence-electron chi connectivity index (χ1n) is 16.0. The smallest absolute Gasteiger partial charge is 0.323 e. The summed E-state index contributed by atoms with van der Waals surface area (Å²) >= 11 is 3.36. The minimum atomic E-state index is -3.61. The van der Waals surface area contributed by atoms with E-state index >= 15 is 0 Å². The maximum absolute atomic E-state index is 12.3. The van der Waals surface area contributed by atoms with Crippen LogP contribution in [0.1, 0.15) is 0 Å². The number of sulfonamides is 3. The zero-order valence-electron chi connectivity index (χ0n) is 27.6. The monoisotopic (exact) mass is 842 g/mol. The van der Waals surface area contributed by atoms with Crippen molar-refractivity contribution >= 4 is 118 Å². The number of carbonyl (C=O) groups is 1. The minimum absolute atomic E-state index is 0.217. The minimum Gasteiger partial charge on any atom is -0.397 e. The molecule has 0 aromatic heterocycles. The molecular formula is C37H27BrN6O7S3. The van der Waals surface area contributed by atoms with E-state index < -0.39 is 36.1 Å². The number of nitrogens with two attached hydrogens (primary N) is 1. The van der Waals surface area contributed by atoms with Crippen molar-refractivity contribution in [3.05, 3.63) is 126 Å². The van der Waals surface area contributed by atoms with Crippen molar-refractivity contribution in [3.63, 3.8) is 0 Å². The molecule has 17 heteroatoms. The predicted octanol–water partition coefficient (Wildman–Crippen LogP) is 7.85. The van der Waals surface area contributed by atoms with Gasteiger partial charge in [0.2, 0.25) is 0 Å². The molecule has 0 spiro atoms.